The SMILES string of the molecule is CCOC(=O)Cn1c(=NC(=O)CSCC(=O)Nc2sc3c(c2C(=O)OC)CCC3)sc2cc(Br)ccc21. The summed E-state index contributed by atoms with van der Waals surface area (Å²) in [5.41, 5.74) is 2.16. The number of aryl methyl sites for hydroxylation is 1. The lowest BCUT2D eigenvalue weighted by Gasteiger charge is -2.06. The van der Waals surface area contributed by atoms with Gasteiger partial charge in [0.25, 0.3) is 5.91 Å². The van der Waals surface area contributed by atoms with Crippen LogP contribution in [0.5, 0.6) is 0 Å². The number of ether oxygens (including phenoxy) is 2. The van der Waals surface area contributed by atoms with Gasteiger partial charge in [-0.3, -0.25) is 14.4 Å². The van der Waals surface area contributed by atoms with Crippen molar-refractivity contribution in [3.63, 3.8) is 0 Å². The van der Waals surface area contributed by atoms with Gasteiger partial charge in [-0.05, 0) is 49.9 Å². The first-order chi connectivity index (χ1) is 17.8. The minimum Gasteiger partial charge on any atom is -0.465 e. The van der Waals surface area contributed by atoms with E-state index in [0.29, 0.717) is 15.4 Å². The van der Waals surface area contributed by atoms with Gasteiger partial charge in [0.05, 0.1) is 41.0 Å². The first kappa shape index (κ1) is 27.6. The highest BCUT2D eigenvalue weighted by molar-refractivity contribution is 9.10. The predicted octanol–water partition coefficient (Wildman–Crippen LogP) is 4.16. The van der Waals surface area contributed by atoms with Crippen LogP contribution < -0.4 is 10.1 Å². The molecular weight excluding hydrogens is 602 g/mol. The van der Waals surface area contributed by atoms with Gasteiger partial charge < -0.3 is 19.4 Å². The molecule has 0 radical (unpaired) electrons. The number of carbonyl (C=O) groups is 4. The number of rotatable bonds is 9. The van der Waals surface area contributed by atoms with Crippen LogP contribution in [0.1, 0.15) is 34.1 Å². The fourth-order valence-electron chi connectivity index (χ4n) is 3.96. The Morgan fingerprint density at radius 1 is 1.19 bits per heavy atom. The number of esters is 2. The maximum Gasteiger partial charge on any atom is 0.341 e. The molecule has 0 saturated heterocycles. The lowest BCUT2D eigenvalue weighted by atomic mass is 10.1. The van der Waals surface area contributed by atoms with Crippen LogP contribution in [0.2, 0.25) is 0 Å². The maximum atomic E-state index is 12.6. The molecule has 2 heterocycles. The van der Waals surface area contributed by atoms with E-state index in [4.69, 9.17) is 9.47 Å². The van der Waals surface area contributed by atoms with Gasteiger partial charge in [-0.15, -0.1) is 23.1 Å². The highest BCUT2D eigenvalue weighted by atomic mass is 79.9. The normalized spacial score (nSPS) is 13.0. The predicted molar refractivity (Wildman–Crippen MR) is 148 cm³/mol. The average Bonchev–Trinajstić information content (AvgIpc) is 3.52. The molecule has 1 aliphatic carbocycles. The summed E-state index contributed by atoms with van der Waals surface area (Å²) in [5, 5.41) is 3.30. The number of thiophene rings is 1. The lowest BCUT2D eigenvalue weighted by Crippen LogP contribution is -2.23. The molecule has 2 amide bonds. The number of fused-ring (bicyclic) bond motifs is 2. The second kappa shape index (κ2) is 12.4. The summed E-state index contributed by atoms with van der Waals surface area (Å²) >= 11 is 7.26. The van der Waals surface area contributed by atoms with Gasteiger partial charge in [0, 0.05) is 9.35 Å². The molecule has 13 heteroatoms. The highest BCUT2D eigenvalue weighted by Gasteiger charge is 2.28. The van der Waals surface area contributed by atoms with Gasteiger partial charge in [0.15, 0.2) is 4.80 Å². The molecule has 0 unspecified atom stereocenters. The maximum absolute atomic E-state index is 12.6. The van der Waals surface area contributed by atoms with E-state index < -0.39 is 17.8 Å². The van der Waals surface area contributed by atoms with Crippen molar-refractivity contribution in [2.45, 2.75) is 32.7 Å². The summed E-state index contributed by atoms with van der Waals surface area (Å²) in [6.45, 7) is 1.92. The molecule has 1 aromatic carbocycles. The van der Waals surface area contributed by atoms with E-state index in [2.05, 4.69) is 26.2 Å². The van der Waals surface area contributed by atoms with Gasteiger partial charge in [0.1, 0.15) is 11.5 Å². The fraction of sp³-hybridized carbons (Fsp3) is 0.375. The highest BCUT2D eigenvalue weighted by Crippen LogP contribution is 2.39. The minimum absolute atomic E-state index is 0.0183. The summed E-state index contributed by atoms with van der Waals surface area (Å²) in [4.78, 5) is 55.3. The van der Waals surface area contributed by atoms with E-state index in [9.17, 15) is 19.2 Å². The van der Waals surface area contributed by atoms with E-state index in [0.717, 1.165) is 56.2 Å². The Bertz CT molecular complexity index is 1440. The number of carbonyl (C=O) groups excluding carboxylic acids is 4. The van der Waals surface area contributed by atoms with E-state index in [-0.39, 0.29) is 30.6 Å². The molecule has 0 atom stereocenters. The number of methoxy groups -OCH3 is 1. The Kier molecular flexibility index (Phi) is 9.22. The second-order valence-electron chi connectivity index (χ2n) is 7.99. The summed E-state index contributed by atoms with van der Waals surface area (Å²) < 4.78 is 13.4. The van der Waals surface area contributed by atoms with Crippen molar-refractivity contribution in [1.82, 2.24) is 4.57 Å². The molecule has 196 valence electrons. The third-order valence-corrected chi connectivity index (χ3v) is 9.14. The van der Waals surface area contributed by atoms with Crippen LogP contribution in [0, 0.1) is 0 Å². The monoisotopic (exact) mass is 625 g/mol. The minimum atomic E-state index is -0.456. The largest absolute Gasteiger partial charge is 0.465 e. The molecule has 1 aliphatic rings. The number of amides is 2. The van der Waals surface area contributed by atoms with Gasteiger partial charge in [-0.2, -0.15) is 4.99 Å². The number of hydrogen-bond donors (Lipinski definition) is 1. The molecule has 3 aromatic rings. The number of halogens is 1. The van der Waals surface area contributed by atoms with Gasteiger partial charge in [0.2, 0.25) is 5.91 Å². The zero-order chi connectivity index (χ0) is 26.5. The lowest BCUT2D eigenvalue weighted by molar-refractivity contribution is -0.143. The van der Waals surface area contributed by atoms with Crippen molar-refractivity contribution < 1.29 is 28.7 Å². The van der Waals surface area contributed by atoms with E-state index in [1.54, 1.807) is 11.5 Å². The Morgan fingerprint density at radius 2 is 2.00 bits per heavy atom. The first-order valence-corrected chi connectivity index (χ1v) is 15.0. The van der Waals surface area contributed by atoms with Crippen LogP contribution in [0.25, 0.3) is 10.2 Å². The van der Waals surface area contributed by atoms with Crippen LogP contribution in [0.15, 0.2) is 27.7 Å². The zero-order valence-corrected chi connectivity index (χ0v) is 24.2. The van der Waals surface area contributed by atoms with E-state index in [1.807, 2.05) is 18.2 Å². The van der Waals surface area contributed by atoms with Crippen molar-refractivity contribution in [1.29, 1.82) is 0 Å². The quantitative estimate of drug-likeness (QED) is 0.355. The van der Waals surface area contributed by atoms with Crippen LogP contribution in [-0.2, 0) is 43.2 Å². The first-order valence-electron chi connectivity index (χ1n) is 11.4. The van der Waals surface area contributed by atoms with Crippen molar-refractivity contribution in [2.24, 2.45) is 4.99 Å². The smallest absolute Gasteiger partial charge is 0.341 e. The molecule has 4 rings (SSSR count). The van der Waals surface area contributed by atoms with Crippen LogP contribution >= 0.6 is 50.4 Å². The van der Waals surface area contributed by atoms with Crippen LogP contribution in [-0.4, -0.2) is 53.5 Å². The molecule has 0 fully saturated rings. The van der Waals surface area contributed by atoms with Crippen LogP contribution in [0.3, 0.4) is 0 Å². The molecule has 1 N–H and O–H groups in total. The number of thiazole rings is 1. The summed E-state index contributed by atoms with van der Waals surface area (Å²) in [6, 6.07) is 5.60. The number of benzene rings is 1. The van der Waals surface area contributed by atoms with Gasteiger partial charge >= 0.3 is 11.9 Å². The molecule has 0 spiro atoms. The molecule has 2 aromatic heterocycles. The van der Waals surface area contributed by atoms with Crippen molar-refractivity contribution in [2.75, 3.05) is 30.5 Å². The number of anilines is 1. The van der Waals surface area contributed by atoms with Gasteiger partial charge in [-0.25, -0.2) is 4.79 Å². The molecule has 37 heavy (non-hydrogen) atoms. The van der Waals surface area contributed by atoms with Gasteiger partial charge in [-0.1, -0.05) is 27.3 Å². The Morgan fingerprint density at radius 3 is 2.76 bits per heavy atom. The van der Waals surface area contributed by atoms with E-state index >= 15 is 0 Å². The molecular formula is C24H24BrN3O6S3. The zero-order valence-electron chi connectivity index (χ0n) is 20.1. The van der Waals surface area contributed by atoms with Crippen LogP contribution in [0.4, 0.5) is 5.00 Å². The Labute approximate surface area is 233 Å². The molecule has 0 aliphatic heterocycles. The second-order valence-corrected chi connectivity index (χ2v) is 12.0. The molecule has 9 nitrogen and oxygen atoms in total. The average molecular weight is 627 g/mol. The van der Waals surface area contributed by atoms with Crippen molar-refractivity contribution >= 4 is 89.3 Å². The Balaban J connectivity index is 1.42. The van der Waals surface area contributed by atoms with Crippen molar-refractivity contribution in [3.8, 4) is 0 Å². The number of nitrogens with zero attached hydrogens (tertiary/aromatic N) is 2. The number of hydrogen-bond acceptors (Lipinski definition) is 9. The van der Waals surface area contributed by atoms with Crippen molar-refractivity contribution in [3.05, 3.63) is 43.5 Å². The Hall–Kier alpha value is -2.48. The number of aromatic nitrogens is 1. The van der Waals surface area contributed by atoms with E-state index in [1.165, 1.54) is 29.8 Å². The number of thioether (sulfide) groups is 1. The fourth-order valence-corrected chi connectivity index (χ4v) is 7.45. The summed E-state index contributed by atoms with van der Waals surface area (Å²) in [7, 11) is 1.32. The third kappa shape index (κ3) is 6.51. The molecule has 0 saturated carbocycles. The molecule has 0 bridgehead atoms. The summed E-state index contributed by atoms with van der Waals surface area (Å²) in [5.74, 6) is -1.61. The topological polar surface area (TPSA) is 116 Å². The standard InChI is InChI=1S/C24H24BrN3O6S3/c1-3-34-20(31)10-28-15-8-7-13(25)9-17(15)37-24(28)27-19(30)12-35-11-18(29)26-22-21(23(32)33-2)14-5-4-6-16(14)36-22/h7-9H,3-6,10-12H2,1-2H3,(H,26,29). The number of nitrogens with one attached hydrogen (secondary N) is 1. The summed E-state index contributed by atoms with van der Waals surface area (Å²) in [6.07, 6.45) is 2.66. The third-order valence-electron chi connectivity index (χ3n) is 5.48.